The fraction of sp³-hybridized carbons (Fsp3) is 0.308. The Balaban J connectivity index is 2.80. The first-order valence-electron chi connectivity index (χ1n) is 5.85. The molecule has 108 valence electrons. The maximum absolute atomic E-state index is 11.9. The zero-order chi connectivity index (χ0) is 15.2. The number of carbonyl (C=O) groups is 1. The lowest BCUT2D eigenvalue weighted by molar-refractivity contribution is -0.127. The van der Waals surface area contributed by atoms with Gasteiger partial charge < -0.3 is 10.6 Å². The van der Waals surface area contributed by atoms with Crippen molar-refractivity contribution in [1.82, 2.24) is 9.62 Å². The highest BCUT2D eigenvalue weighted by Crippen LogP contribution is 2.09. The van der Waals surface area contributed by atoms with Crippen molar-refractivity contribution in [3.63, 3.8) is 0 Å². The van der Waals surface area contributed by atoms with Crippen molar-refractivity contribution in [3.8, 4) is 11.8 Å². The summed E-state index contributed by atoms with van der Waals surface area (Å²) in [5, 5.41) is 0. The van der Waals surface area contributed by atoms with E-state index in [9.17, 15) is 13.2 Å². The van der Waals surface area contributed by atoms with Gasteiger partial charge in [0.25, 0.3) is 0 Å². The molecule has 0 saturated heterocycles. The quantitative estimate of drug-likeness (QED) is 0.723. The van der Waals surface area contributed by atoms with Gasteiger partial charge in [-0.05, 0) is 24.3 Å². The third-order valence-electron chi connectivity index (χ3n) is 2.41. The molecule has 0 heterocycles. The lowest BCUT2D eigenvalue weighted by Gasteiger charge is -2.11. The Morgan fingerprint density at radius 1 is 1.30 bits per heavy atom. The number of hydrogen-bond acceptors (Lipinski definition) is 4. The van der Waals surface area contributed by atoms with Crippen LogP contribution in [0.4, 0.5) is 0 Å². The summed E-state index contributed by atoms with van der Waals surface area (Å²) in [5.41, 5.74) is 5.93. The molecule has 0 bridgehead atoms. The molecule has 0 aliphatic rings. The van der Waals surface area contributed by atoms with Gasteiger partial charge in [0.1, 0.15) is 0 Å². The Morgan fingerprint density at radius 2 is 1.90 bits per heavy atom. The van der Waals surface area contributed by atoms with E-state index in [2.05, 4.69) is 16.6 Å². The second-order valence-corrected chi connectivity index (χ2v) is 5.91. The van der Waals surface area contributed by atoms with E-state index >= 15 is 0 Å². The number of rotatable bonds is 4. The molecular formula is C13H17N3O3S. The maximum atomic E-state index is 11.9. The Bertz CT molecular complexity index is 625. The fourth-order valence-corrected chi connectivity index (χ4v) is 2.24. The molecular weight excluding hydrogens is 278 g/mol. The zero-order valence-electron chi connectivity index (χ0n) is 11.4. The van der Waals surface area contributed by atoms with Crippen LogP contribution < -0.4 is 10.5 Å². The molecule has 0 aliphatic heterocycles. The van der Waals surface area contributed by atoms with Crippen LogP contribution >= 0.6 is 0 Å². The summed E-state index contributed by atoms with van der Waals surface area (Å²) >= 11 is 0. The Kier molecular flexibility index (Phi) is 5.70. The van der Waals surface area contributed by atoms with E-state index in [1.165, 1.54) is 17.0 Å². The molecule has 1 amide bonds. The molecule has 0 aromatic heterocycles. The van der Waals surface area contributed by atoms with Gasteiger partial charge in [-0.3, -0.25) is 4.79 Å². The van der Waals surface area contributed by atoms with Crippen LogP contribution in [0.2, 0.25) is 0 Å². The zero-order valence-corrected chi connectivity index (χ0v) is 12.2. The summed E-state index contributed by atoms with van der Waals surface area (Å²) in [7, 11) is -0.582. The third-order valence-corrected chi connectivity index (χ3v) is 3.83. The van der Waals surface area contributed by atoms with Crippen LogP contribution in [0.1, 0.15) is 5.56 Å². The monoisotopic (exact) mass is 295 g/mol. The molecule has 3 N–H and O–H groups in total. The molecule has 0 fully saturated rings. The molecule has 0 atom stereocenters. The topological polar surface area (TPSA) is 92.5 Å². The first-order valence-corrected chi connectivity index (χ1v) is 7.34. The maximum Gasteiger partial charge on any atom is 0.241 e. The minimum absolute atomic E-state index is 0.0855. The predicted octanol–water partition coefficient (Wildman–Crippen LogP) is -0.637. The third kappa shape index (κ3) is 4.66. The first-order chi connectivity index (χ1) is 9.36. The van der Waals surface area contributed by atoms with Gasteiger partial charge in [-0.25, -0.2) is 13.1 Å². The highest BCUT2D eigenvalue weighted by atomic mass is 32.2. The molecule has 6 nitrogen and oxygen atoms in total. The van der Waals surface area contributed by atoms with Crippen LogP contribution in [0.25, 0.3) is 0 Å². The van der Waals surface area contributed by atoms with E-state index < -0.39 is 10.0 Å². The summed E-state index contributed by atoms with van der Waals surface area (Å²) in [5.74, 6) is 5.15. The van der Waals surface area contributed by atoms with Gasteiger partial charge in [0, 0.05) is 19.7 Å². The van der Waals surface area contributed by atoms with Crippen molar-refractivity contribution in [2.45, 2.75) is 4.90 Å². The smallest absolute Gasteiger partial charge is 0.241 e. The van der Waals surface area contributed by atoms with Crippen molar-refractivity contribution in [2.24, 2.45) is 5.73 Å². The van der Waals surface area contributed by atoms with E-state index in [-0.39, 0.29) is 23.9 Å². The lowest BCUT2D eigenvalue weighted by Crippen LogP contribution is -2.36. The molecule has 1 aromatic rings. The molecule has 0 unspecified atom stereocenters. The van der Waals surface area contributed by atoms with Crippen LogP contribution in [0.5, 0.6) is 0 Å². The van der Waals surface area contributed by atoms with Crippen molar-refractivity contribution in [2.75, 3.05) is 27.2 Å². The minimum Gasteiger partial charge on any atom is -0.348 e. The Labute approximate surface area is 119 Å². The molecule has 20 heavy (non-hydrogen) atoms. The van der Waals surface area contributed by atoms with Crippen LogP contribution in [-0.4, -0.2) is 46.4 Å². The van der Waals surface area contributed by atoms with Crippen molar-refractivity contribution in [3.05, 3.63) is 29.8 Å². The van der Waals surface area contributed by atoms with Gasteiger partial charge in [0.15, 0.2) is 0 Å². The largest absolute Gasteiger partial charge is 0.348 e. The van der Waals surface area contributed by atoms with E-state index in [1.807, 2.05) is 0 Å². The summed E-state index contributed by atoms with van der Waals surface area (Å²) in [4.78, 5) is 12.8. The number of hydrogen-bond donors (Lipinski definition) is 2. The average molecular weight is 295 g/mol. The van der Waals surface area contributed by atoms with Crippen LogP contribution in [-0.2, 0) is 14.8 Å². The summed E-state index contributed by atoms with van der Waals surface area (Å²) in [6.07, 6.45) is 0. The molecule has 7 heteroatoms. The number of sulfonamides is 1. The van der Waals surface area contributed by atoms with Gasteiger partial charge in [0.2, 0.25) is 15.9 Å². The summed E-state index contributed by atoms with van der Waals surface area (Å²) in [6, 6.07) is 6.04. The van der Waals surface area contributed by atoms with Crippen molar-refractivity contribution >= 4 is 15.9 Å². The van der Waals surface area contributed by atoms with E-state index in [0.29, 0.717) is 5.56 Å². The molecule has 0 aliphatic carbocycles. The van der Waals surface area contributed by atoms with Gasteiger partial charge in [-0.15, -0.1) is 0 Å². The Morgan fingerprint density at radius 3 is 2.40 bits per heavy atom. The SMILES string of the molecule is CN(C)C(=O)CNS(=O)(=O)c1ccc(C#CCN)cc1. The van der Waals surface area contributed by atoms with Gasteiger partial charge >= 0.3 is 0 Å². The number of nitrogens with one attached hydrogen (secondary N) is 1. The number of nitrogens with two attached hydrogens (primary N) is 1. The normalized spacial score (nSPS) is 10.6. The van der Waals surface area contributed by atoms with Gasteiger partial charge in [-0.1, -0.05) is 11.8 Å². The highest BCUT2D eigenvalue weighted by molar-refractivity contribution is 7.89. The Hall–Kier alpha value is -1.88. The van der Waals surface area contributed by atoms with Gasteiger partial charge in [0.05, 0.1) is 18.0 Å². The second kappa shape index (κ2) is 7.05. The standard InChI is InChI=1S/C13H17N3O3S/c1-16(2)13(17)10-15-20(18,19)12-7-5-11(6-8-12)4-3-9-14/h5-8,15H,9-10,14H2,1-2H3. The predicted molar refractivity (Wildman–Crippen MR) is 76.3 cm³/mol. The van der Waals surface area contributed by atoms with E-state index in [4.69, 9.17) is 5.73 Å². The van der Waals surface area contributed by atoms with E-state index in [0.717, 1.165) is 0 Å². The molecule has 0 radical (unpaired) electrons. The molecule has 1 rings (SSSR count). The van der Waals surface area contributed by atoms with Gasteiger partial charge in [-0.2, -0.15) is 0 Å². The van der Waals surface area contributed by atoms with Crippen LogP contribution in [0.3, 0.4) is 0 Å². The lowest BCUT2D eigenvalue weighted by atomic mass is 10.2. The molecule has 1 aromatic carbocycles. The van der Waals surface area contributed by atoms with Crippen molar-refractivity contribution < 1.29 is 13.2 Å². The molecule has 0 spiro atoms. The summed E-state index contributed by atoms with van der Waals surface area (Å²) in [6.45, 7) is -0.0294. The number of amides is 1. The number of benzene rings is 1. The summed E-state index contributed by atoms with van der Waals surface area (Å²) < 4.78 is 26.1. The van der Waals surface area contributed by atoms with Crippen LogP contribution in [0.15, 0.2) is 29.2 Å². The number of likely N-dealkylation sites (N-methyl/N-ethyl adjacent to an activating group) is 1. The number of carbonyl (C=O) groups excluding carboxylic acids is 1. The van der Waals surface area contributed by atoms with Crippen LogP contribution in [0, 0.1) is 11.8 Å². The number of nitrogens with zero attached hydrogens (tertiary/aromatic N) is 1. The van der Waals surface area contributed by atoms with E-state index in [1.54, 1.807) is 26.2 Å². The average Bonchev–Trinajstić information content (AvgIpc) is 2.43. The first kappa shape index (κ1) is 16.2. The minimum atomic E-state index is -3.70. The fourth-order valence-electron chi connectivity index (χ4n) is 1.27. The highest BCUT2D eigenvalue weighted by Gasteiger charge is 2.15. The molecule has 0 saturated carbocycles. The second-order valence-electron chi connectivity index (χ2n) is 4.14. The van der Waals surface area contributed by atoms with Crippen molar-refractivity contribution in [1.29, 1.82) is 0 Å².